The van der Waals surface area contributed by atoms with Crippen molar-refractivity contribution in [2.24, 2.45) is 5.73 Å². The summed E-state index contributed by atoms with van der Waals surface area (Å²) in [6, 6.07) is 13.7. The lowest BCUT2D eigenvalue weighted by Gasteiger charge is -2.22. The van der Waals surface area contributed by atoms with Crippen LogP contribution < -0.4 is 15.4 Å². The van der Waals surface area contributed by atoms with Gasteiger partial charge in [0.1, 0.15) is 5.75 Å². The molecule has 0 aromatic heterocycles. The molecule has 2 amide bonds. The van der Waals surface area contributed by atoms with Crippen molar-refractivity contribution in [3.05, 3.63) is 58.6 Å². The number of hydrogen-bond donors (Lipinski definition) is 1. The van der Waals surface area contributed by atoms with Crippen molar-refractivity contribution in [2.45, 2.75) is 6.42 Å². The number of nitrogens with two attached hydrogens (primary N) is 1. The molecule has 7 heteroatoms. The Hall–Kier alpha value is -2.24. The van der Waals surface area contributed by atoms with Gasteiger partial charge in [-0.1, -0.05) is 41.4 Å². The van der Waals surface area contributed by atoms with Crippen LogP contribution in [0.5, 0.6) is 5.75 Å². The van der Waals surface area contributed by atoms with Gasteiger partial charge in [-0.25, -0.2) is 0 Å². The van der Waals surface area contributed by atoms with Gasteiger partial charge in [-0.3, -0.25) is 9.59 Å². The molecule has 5 nitrogen and oxygen atoms in total. The zero-order chi connectivity index (χ0) is 17.5. The Kier molecular flexibility index (Phi) is 6.46. The molecule has 2 rings (SSSR count). The first-order valence-corrected chi connectivity index (χ1v) is 7.94. The topological polar surface area (TPSA) is 72.6 Å². The number of halogens is 2. The zero-order valence-electron chi connectivity index (χ0n) is 12.7. The predicted molar refractivity (Wildman–Crippen MR) is 94.6 cm³/mol. The van der Waals surface area contributed by atoms with E-state index in [0.29, 0.717) is 21.5 Å². The molecule has 2 aromatic rings. The Balaban J connectivity index is 2.08. The highest BCUT2D eigenvalue weighted by molar-refractivity contribution is 6.35. The number of primary amides is 1. The Morgan fingerprint density at radius 2 is 1.79 bits per heavy atom. The smallest absolute Gasteiger partial charge is 0.264 e. The maximum Gasteiger partial charge on any atom is 0.264 e. The highest BCUT2D eigenvalue weighted by Gasteiger charge is 2.17. The molecule has 0 aliphatic heterocycles. The predicted octanol–water partition coefficient (Wildman–Crippen LogP) is 3.28. The zero-order valence-corrected chi connectivity index (χ0v) is 14.3. The second kappa shape index (κ2) is 8.57. The minimum Gasteiger partial charge on any atom is -0.482 e. The van der Waals surface area contributed by atoms with E-state index in [9.17, 15) is 9.59 Å². The third kappa shape index (κ3) is 5.15. The summed E-state index contributed by atoms with van der Waals surface area (Å²) in [4.78, 5) is 25.0. The lowest BCUT2D eigenvalue weighted by molar-refractivity contribution is -0.120. The lowest BCUT2D eigenvalue weighted by atomic mass is 10.2. The molecule has 0 saturated heterocycles. The first-order chi connectivity index (χ1) is 11.5. The van der Waals surface area contributed by atoms with Crippen LogP contribution in [0.1, 0.15) is 6.42 Å². The fourth-order valence-corrected chi connectivity index (χ4v) is 2.50. The number of carbonyl (C=O) groups excluding carboxylic acids is 2. The Labute approximate surface area is 149 Å². The molecule has 0 spiro atoms. The highest BCUT2D eigenvalue weighted by atomic mass is 35.5. The van der Waals surface area contributed by atoms with Crippen molar-refractivity contribution in [3.63, 3.8) is 0 Å². The van der Waals surface area contributed by atoms with Crippen molar-refractivity contribution >= 4 is 40.7 Å². The van der Waals surface area contributed by atoms with E-state index in [1.54, 1.807) is 36.4 Å². The van der Waals surface area contributed by atoms with Crippen LogP contribution in [0.4, 0.5) is 5.69 Å². The minimum absolute atomic E-state index is 0.0579. The van der Waals surface area contributed by atoms with Gasteiger partial charge in [-0.15, -0.1) is 0 Å². The average molecular weight is 367 g/mol. The molecule has 24 heavy (non-hydrogen) atoms. The summed E-state index contributed by atoms with van der Waals surface area (Å²) in [5.74, 6) is -0.434. The van der Waals surface area contributed by atoms with Crippen molar-refractivity contribution in [1.82, 2.24) is 0 Å². The van der Waals surface area contributed by atoms with Crippen LogP contribution in [0.15, 0.2) is 48.5 Å². The summed E-state index contributed by atoms with van der Waals surface area (Å²) < 4.78 is 5.46. The van der Waals surface area contributed by atoms with E-state index < -0.39 is 5.91 Å². The molecular weight excluding hydrogens is 351 g/mol. The van der Waals surface area contributed by atoms with Crippen LogP contribution in [-0.4, -0.2) is 25.0 Å². The quantitative estimate of drug-likeness (QED) is 0.816. The molecule has 0 aliphatic rings. The van der Waals surface area contributed by atoms with Gasteiger partial charge in [-0.05, 0) is 30.3 Å². The molecule has 0 saturated carbocycles. The van der Waals surface area contributed by atoms with Crippen molar-refractivity contribution < 1.29 is 14.3 Å². The Morgan fingerprint density at radius 3 is 2.42 bits per heavy atom. The lowest BCUT2D eigenvalue weighted by Crippen LogP contribution is -2.37. The molecular formula is C17H16Cl2N2O3. The maximum atomic E-state index is 12.5. The first-order valence-electron chi connectivity index (χ1n) is 7.19. The van der Waals surface area contributed by atoms with Gasteiger partial charge in [0.15, 0.2) is 6.61 Å². The van der Waals surface area contributed by atoms with Gasteiger partial charge in [0.25, 0.3) is 5.91 Å². The molecule has 2 aromatic carbocycles. The van der Waals surface area contributed by atoms with Crippen LogP contribution in [-0.2, 0) is 9.59 Å². The number of rotatable bonds is 7. The molecule has 0 fully saturated rings. The molecule has 0 unspecified atom stereocenters. The molecule has 0 heterocycles. The van der Waals surface area contributed by atoms with Gasteiger partial charge < -0.3 is 15.4 Å². The summed E-state index contributed by atoms with van der Waals surface area (Å²) >= 11 is 11.8. The van der Waals surface area contributed by atoms with E-state index in [4.69, 9.17) is 33.7 Å². The van der Waals surface area contributed by atoms with Crippen molar-refractivity contribution in [3.8, 4) is 5.75 Å². The van der Waals surface area contributed by atoms with Gasteiger partial charge in [0.05, 0.1) is 5.02 Å². The monoisotopic (exact) mass is 366 g/mol. The second-order valence-corrected chi connectivity index (χ2v) is 5.80. The third-order valence-corrected chi connectivity index (χ3v) is 3.73. The first kappa shape index (κ1) is 18.1. The maximum absolute atomic E-state index is 12.5. The standard InChI is InChI=1S/C17H16Cl2N2O3/c18-12-6-7-15(14(19)10-12)24-11-17(23)21(9-8-16(20)22)13-4-2-1-3-5-13/h1-7,10H,8-9,11H2,(H2,20,22). The summed E-state index contributed by atoms with van der Waals surface area (Å²) in [5, 5.41) is 0.796. The second-order valence-electron chi connectivity index (χ2n) is 4.96. The minimum atomic E-state index is -0.481. The SMILES string of the molecule is NC(=O)CCN(C(=O)COc1ccc(Cl)cc1Cl)c1ccccc1. The van der Waals surface area contributed by atoms with Crippen LogP contribution in [0, 0.1) is 0 Å². The fraction of sp³-hybridized carbons (Fsp3) is 0.176. The summed E-state index contributed by atoms with van der Waals surface area (Å²) in [7, 11) is 0. The Morgan fingerprint density at radius 1 is 1.08 bits per heavy atom. The molecule has 0 atom stereocenters. The van der Waals surface area contributed by atoms with Crippen LogP contribution in [0.3, 0.4) is 0 Å². The summed E-state index contributed by atoms with van der Waals surface area (Å²) in [6.45, 7) is -0.0507. The number of carbonyl (C=O) groups is 2. The number of para-hydroxylation sites is 1. The van der Waals surface area contributed by atoms with Gasteiger partial charge in [-0.2, -0.15) is 0 Å². The van der Waals surface area contributed by atoms with Crippen LogP contribution >= 0.6 is 23.2 Å². The highest BCUT2D eigenvalue weighted by Crippen LogP contribution is 2.27. The van der Waals surface area contributed by atoms with Crippen LogP contribution in [0.2, 0.25) is 10.0 Å². The fourth-order valence-electron chi connectivity index (χ4n) is 2.04. The van der Waals surface area contributed by atoms with E-state index in [1.807, 2.05) is 6.07 Å². The number of ether oxygens (including phenoxy) is 1. The average Bonchev–Trinajstić information content (AvgIpc) is 2.55. The molecule has 0 radical (unpaired) electrons. The third-order valence-electron chi connectivity index (χ3n) is 3.20. The molecule has 126 valence electrons. The number of nitrogens with zero attached hydrogens (tertiary/aromatic N) is 1. The number of benzene rings is 2. The normalized spacial score (nSPS) is 10.2. The summed E-state index contributed by atoms with van der Waals surface area (Å²) in [6.07, 6.45) is 0.0579. The number of amides is 2. The van der Waals surface area contributed by atoms with Gasteiger partial charge in [0, 0.05) is 23.7 Å². The van der Waals surface area contributed by atoms with Crippen molar-refractivity contribution in [2.75, 3.05) is 18.1 Å². The Bertz CT molecular complexity index is 723. The van der Waals surface area contributed by atoms with Crippen molar-refractivity contribution in [1.29, 1.82) is 0 Å². The van der Waals surface area contributed by atoms with E-state index in [1.165, 1.54) is 11.0 Å². The van der Waals surface area contributed by atoms with Gasteiger partial charge >= 0.3 is 0 Å². The molecule has 0 bridgehead atoms. The number of anilines is 1. The largest absolute Gasteiger partial charge is 0.482 e. The van der Waals surface area contributed by atoms with E-state index in [2.05, 4.69) is 0 Å². The summed E-state index contributed by atoms with van der Waals surface area (Å²) in [5.41, 5.74) is 5.84. The molecule has 2 N–H and O–H groups in total. The van der Waals surface area contributed by atoms with Crippen LogP contribution in [0.25, 0.3) is 0 Å². The molecule has 0 aliphatic carbocycles. The van der Waals surface area contributed by atoms with E-state index >= 15 is 0 Å². The van der Waals surface area contributed by atoms with E-state index in [0.717, 1.165) is 0 Å². The van der Waals surface area contributed by atoms with E-state index in [-0.39, 0.29) is 25.5 Å². The van der Waals surface area contributed by atoms with Gasteiger partial charge in [0.2, 0.25) is 5.91 Å². The number of hydrogen-bond acceptors (Lipinski definition) is 3.